The van der Waals surface area contributed by atoms with E-state index in [-0.39, 0.29) is 11.2 Å². The van der Waals surface area contributed by atoms with Crippen LogP contribution >= 0.6 is 15.9 Å². The van der Waals surface area contributed by atoms with E-state index >= 15 is 0 Å². The van der Waals surface area contributed by atoms with Gasteiger partial charge in [-0.25, -0.2) is 4.39 Å². The summed E-state index contributed by atoms with van der Waals surface area (Å²) in [7, 11) is 0. The number of halogens is 2. The van der Waals surface area contributed by atoms with E-state index in [9.17, 15) is 4.39 Å². The lowest BCUT2D eigenvalue weighted by molar-refractivity contribution is 0.525. The van der Waals surface area contributed by atoms with Gasteiger partial charge < -0.3 is 0 Å². The Kier molecular flexibility index (Phi) is 2.99. The highest BCUT2D eigenvalue weighted by Crippen LogP contribution is 2.26. The molecule has 0 saturated carbocycles. The van der Waals surface area contributed by atoms with Gasteiger partial charge in [-0.2, -0.15) is 4.68 Å². The van der Waals surface area contributed by atoms with Crippen LogP contribution in [0.25, 0.3) is 5.69 Å². The number of hydrogen-bond donors (Lipinski definition) is 0. The summed E-state index contributed by atoms with van der Waals surface area (Å²) in [4.78, 5) is 0. The second-order valence-electron chi connectivity index (χ2n) is 4.76. The van der Waals surface area contributed by atoms with Crippen molar-refractivity contribution in [3.05, 3.63) is 34.3 Å². The second-order valence-corrected chi connectivity index (χ2v) is 5.61. The first-order valence-corrected chi connectivity index (χ1v) is 5.93. The molecule has 0 saturated heterocycles. The number of rotatable bonds is 1. The zero-order valence-electron chi connectivity index (χ0n) is 9.78. The molecule has 2 aromatic rings. The highest BCUT2D eigenvalue weighted by atomic mass is 79.9. The molecular formula is C11H12BrFN4. The van der Waals surface area contributed by atoms with Gasteiger partial charge in [-0.05, 0) is 44.6 Å². The van der Waals surface area contributed by atoms with Gasteiger partial charge >= 0.3 is 0 Å². The molecule has 0 atom stereocenters. The maximum Gasteiger partial charge on any atom is 0.162 e. The van der Waals surface area contributed by atoms with Crippen molar-refractivity contribution in [3.63, 3.8) is 0 Å². The van der Waals surface area contributed by atoms with Gasteiger partial charge in [-0.1, -0.05) is 20.8 Å². The number of nitrogens with zero attached hydrogens (tertiary/aromatic N) is 4. The van der Waals surface area contributed by atoms with E-state index in [1.54, 1.807) is 10.7 Å². The molecule has 90 valence electrons. The standard InChI is InChI=1S/C11H12BrFN4/c1-11(2,3)10-14-15-16-17(10)9-5-4-7(13)6-8(9)12/h4-6H,1-3H3. The van der Waals surface area contributed by atoms with Crippen LogP contribution < -0.4 is 0 Å². The topological polar surface area (TPSA) is 43.6 Å². The van der Waals surface area contributed by atoms with Crippen molar-refractivity contribution in [1.82, 2.24) is 20.2 Å². The van der Waals surface area contributed by atoms with Gasteiger partial charge in [0.2, 0.25) is 0 Å². The molecular weight excluding hydrogens is 287 g/mol. The third-order valence-corrected chi connectivity index (χ3v) is 2.91. The van der Waals surface area contributed by atoms with Gasteiger partial charge in [0, 0.05) is 9.89 Å². The van der Waals surface area contributed by atoms with Crippen molar-refractivity contribution < 1.29 is 4.39 Å². The number of tetrazole rings is 1. The molecule has 4 nitrogen and oxygen atoms in total. The molecule has 1 aromatic heterocycles. The van der Waals surface area contributed by atoms with Crippen molar-refractivity contribution in [2.75, 3.05) is 0 Å². The Balaban J connectivity index is 2.58. The summed E-state index contributed by atoms with van der Waals surface area (Å²) in [6.45, 7) is 6.06. The van der Waals surface area contributed by atoms with Gasteiger partial charge in [-0.15, -0.1) is 5.10 Å². The molecule has 0 aliphatic heterocycles. The average molecular weight is 299 g/mol. The van der Waals surface area contributed by atoms with E-state index in [1.807, 2.05) is 20.8 Å². The molecule has 2 rings (SSSR count). The largest absolute Gasteiger partial charge is 0.207 e. The molecule has 0 fully saturated rings. The predicted molar refractivity (Wildman–Crippen MR) is 65.5 cm³/mol. The third-order valence-electron chi connectivity index (χ3n) is 2.28. The van der Waals surface area contributed by atoms with Crippen molar-refractivity contribution in [2.45, 2.75) is 26.2 Å². The fraction of sp³-hybridized carbons (Fsp3) is 0.364. The van der Waals surface area contributed by atoms with E-state index in [1.165, 1.54) is 12.1 Å². The maximum absolute atomic E-state index is 13.0. The summed E-state index contributed by atoms with van der Waals surface area (Å²) in [5.41, 5.74) is 0.540. The van der Waals surface area contributed by atoms with Gasteiger partial charge in [0.25, 0.3) is 0 Å². The van der Waals surface area contributed by atoms with Gasteiger partial charge in [0.1, 0.15) is 5.82 Å². The van der Waals surface area contributed by atoms with Crippen molar-refractivity contribution in [2.24, 2.45) is 0 Å². The molecule has 0 spiro atoms. The summed E-state index contributed by atoms with van der Waals surface area (Å²) in [6.07, 6.45) is 0. The van der Waals surface area contributed by atoms with Crippen LogP contribution in [0.5, 0.6) is 0 Å². The SMILES string of the molecule is CC(C)(C)c1nnnn1-c1ccc(F)cc1Br. The van der Waals surface area contributed by atoms with Crippen LogP contribution in [-0.4, -0.2) is 20.2 Å². The average Bonchev–Trinajstić information content (AvgIpc) is 2.65. The first-order chi connectivity index (χ1) is 7.89. The van der Waals surface area contributed by atoms with Crippen LogP contribution in [0, 0.1) is 5.82 Å². The van der Waals surface area contributed by atoms with Crippen LogP contribution in [0.1, 0.15) is 26.6 Å². The zero-order chi connectivity index (χ0) is 12.6. The lowest BCUT2D eigenvalue weighted by Gasteiger charge is -2.17. The number of benzene rings is 1. The van der Waals surface area contributed by atoms with Crippen LogP contribution in [0.3, 0.4) is 0 Å². The summed E-state index contributed by atoms with van der Waals surface area (Å²) >= 11 is 3.31. The molecule has 0 radical (unpaired) electrons. The summed E-state index contributed by atoms with van der Waals surface area (Å²) < 4.78 is 15.3. The Hall–Kier alpha value is -1.30. The van der Waals surface area contributed by atoms with Crippen molar-refractivity contribution >= 4 is 15.9 Å². The molecule has 17 heavy (non-hydrogen) atoms. The fourth-order valence-electron chi connectivity index (χ4n) is 1.47. The lowest BCUT2D eigenvalue weighted by Crippen LogP contribution is -2.19. The third kappa shape index (κ3) is 2.36. The van der Waals surface area contributed by atoms with E-state index < -0.39 is 0 Å². The highest BCUT2D eigenvalue weighted by Gasteiger charge is 2.23. The number of aromatic nitrogens is 4. The van der Waals surface area contributed by atoms with Crippen molar-refractivity contribution in [3.8, 4) is 5.69 Å². The monoisotopic (exact) mass is 298 g/mol. The molecule has 0 aliphatic rings. The second kappa shape index (κ2) is 4.18. The van der Waals surface area contributed by atoms with Crippen LogP contribution in [-0.2, 0) is 5.41 Å². The Morgan fingerprint density at radius 1 is 1.29 bits per heavy atom. The minimum absolute atomic E-state index is 0.183. The Morgan fingerprint density at radius 3 is 2.59 bits per heavy atom. The molecule has 0 bridgehead atoms. The maximum atomic E-state index is 13.0. The summed E-state index contributed by atoms with van der Waals surface area (Å²) in [5.74, 6) is 0.427. The normalized spacial score (nSPS) is 11.8. The lowest BCUT2D eigenvalue weighted by atomic mass is 9.96. The predicted octanol–water partition coefficient (Wildman–Crippen LogP) is 2.86. The van der Waals surface area contributed by atoms with Crippen LogP contribution in [0.15, 0.2) is 22.7 Å². The Labute approximate surface area is 107 Å². The van der Waals surface area contributed by atoms with Crippen LogP contribution in [0.4, 0.5) is 4.39 Å². The molecule has 0 amide bonds. The van der Waals surface area contributed by atoms with E-state index in [4.69, 9.17) is 0 Å². The smallest absolute Gasteiger partial charge is 0.162 e. The highest BCUT2D eigenvalue weighted by molar-refractivity contribution is 9.10. The zero-order valence-corrected chi connectivity index (χ0v) is 11.4. The first kappa shape index (κ1) is 12.2. The molecule has 0 unspecified atom stereocenters. The summed E-state index contributed by atoms with van der Waals surface area (Å²) in [5, 5.41) is 11.6. The molecule has 0 aliphatic carbocycles. The van der Waals surface area contributed by atoms with E-state index in [0.29, 0.717) is 4.47 Å². The quantitative estimate of drug-likeness (QED) is 0.813. The van der Waals surface area contributed by atoms with Gasteiger partial charge in [-0.3, -0.25) is 0 Å². The van der Waals surface area contributed by atoms with Crippen molar-refractivity contribution in [1.29, 1.82) is 0 Å². The van der Waals surface area contributed by atoms with Crippen LogP contribution in [0.2, 0.25) is 0 Å². The molecule has 1 heterocycles. The summed E-state index contributed by atoms with van der Waals surface area (Å²) in [6, 6.07) is 4.42. The first-order valence-electron chi connectivity index (χ1n) is 5.14. The minimum atomic E-state index is -0.300. The molecule has 0 N–H and O–H groups in total. The fourth-order valence-corrected chi connectivity index (χ4v) is 1.99. The molecule has 6 heteroatoms. The van der Waals surface area contributed by atoms with E-state index in [0.717, 1.165) is 11.5 Å². The van der Waals surface area contributed by atoms with E-state index in [2.05, 4.69) is 31.5 Å². The minimum Gasteiger partial charge on any atom is -0.207 e. The van der Waals surface area contributed by atoms with Gasteiger partial charge in [0.15, 0.2) is 5.82 Å². The Bertz CT molecular complexity index is 545. The number of hydrogen-bond acceptors (Lipinski definition) is 3. The Morgan fingerprint density at radius 2 is 2.00 bits per heavy atom. The molecule has 1 aromatic carbocycles. The van der Waals surface area contributed by atoms with Gasteiger partial charge in [0.05, 0.1) is 5.69 Å².